The molecule has 0 saturated carbocycles. The Labute approximate surface area is 187 Å². The van der Waals surface area contributed by atoms with Crippen molar-refractivity contribution >= 4 is 17.7 Å². The second kappa shape index (κ2) is 8.84. The van der Waals surface area contributed by atoms with Gasteiger partial charge in [-0.15, -0.1) is 0 Å². The number of nitrogens with zero attached hydrogens (tertiary/aromatic N) is 1. The monoisotopic (exact) mass is 432 g/mol. The SMILES string of the molecule is O=C1CCC(N2Cc3cccc(CNCCC4Cc5ccccc5CN4)c3C2=O)C(=O)N1. The van der Waals surface area contributed by atoms with Gasteiger partial charge >= 0.3 is 0 Å². The first-order chi connectivity index (χ1) is 15.6. The first-order valence-corrected chi connectivity index (χ1v) is 11.4. The number of carbonyl (C=O) groups is 3. The lowest BCUT2D eigenvalue weighted by Crippen LogP contribution is -2.52. The lowest BCUT2D eigenvalue weighted by atomic mass is 9.94. The molecule has 7 nitrogen and oxygen atoms in total. The van der Waals surface area contributed by atoms with Crippen LogP contribution in [0.2, 0.25) is 0 Å². The molecule has 2 unspecified atom stereocenters. The third-order valence-corrected chi connectivity index (χ3v) is 6.79. The Bertz CT molecular complexity index is 1070. The van der Waals surface area contributed by atoms with E-state index < -0.39 is 6.04 Å². The van der Waals surface area contributed by atoms with Crippen molar-refractivity contribution in [2.45, 2.75) is 57.4 Å². The van der Waals surface area contributed by atoms with Gasteiger partial charge in [0.1, 0.15) is 6.04 Å². The highest BCUT2D eigenvalue weighted by atomic mass is 16.2. The molecule has 2 aromatic carbocycles. The van der Waals surface area contributed by atoms with E-state index in [1.54, 1.807) is 4.90 Å². The Hall–Kier alpha value is -3.03. The first kappa shape index (κ1) is 20.8. The zero-order valence-corrected chi connectivity index (χ0v) is 18.0. The smallest absolute Gasteiger partial charge is 0.255 e. The van der Waals surface area contributed by atoms with E-state index in [4.69, 9.17) is 0 Å². The normalized spacial score (nSPS) is 22.5. The zero-order valence-electron chi connectivity index (χ0n) is 18.0. The van der Waals surface area contributed by atoms with E-state index in [9.17, 15) is 14.4 Å². The minimum absolute atomic E-state index is 0.113. The van der Waals surface area contributed by atoms with Crippen molar-refractivity contribution < 1.29 is 14.4 Å². The molecule has 5 rings (SSSR count). The van der Waals surface area contributed by atoms with E-state index in [2.05, 4.69) is 40.2 Å². The summed E-state index contributed by atoms with van der Waals surface area (Å²) in [6, 6.07) is 14.4. The maximum absolute atomic E-state index is 13.2. The van der Waals surface area contributed by atoms with Crippen molar-refractivity contribution in [3.63, 3.8) is 0 Å². The molecule has 3 heterocycles. The number of amides is 3. The topological polar surface area (TPSA) is 90.5 Å². The molecule has 3 aliphatic heterocycles. The second-order valence-corrected chi connectivity index (χ2v) is 8.87. The summed E-state index contributed by atoms with van der Waals surface area (Å²) in [5.74, 6) is -0.752. The van der Waals surface area contributed by atoms with Gasteiger partial charge in [-0.05, 0) is 48.1 Å². The molecular weight excluding hydrogens is 404 g/mol. The molecule has 0 spiro atoms. The third-order valence-electron chi connectivity index (χ3n) is 6.79. The molecule has 0 radical (unpaired) electrons. The zero-order chi connectivity index (χ0) is 22.1. The fourth-order valence-corrected chi connectivity index (χ4v) is 5.06. The molecule has 7 heteroatoms. The predicted molar refractivity (Wildman–Crippen MR) is 120 cm³/mol. The molecule has 0 aromatic heterocycles. The number of rotatable bonds is 6. The fourth-order valence-electron chi connectivity index (χ4n) is 5.06. The molecule has 0 bridgehead atoms. The Morgan fingerprint density at radius 1 is 1.00 bits per heavy atom. The average Bonchev–Trinajstić information content (AvgIpc) is 3.13. The van der Waals surface area contributed by atoms with E-state index in [1.807, 2.05) is 18.2 Å². The maximum atomic E-state index is 13.2. The number of fused-ring (bicyclic) bond motifs is 2. The molecule has 1 fully saturated rings. The maximum Gasteiger partial charge on any atom is 0.255 e. The highest BCUT2D eigenvalue weighted by molar-refractivity contribution is 6.05. The van der Waals surface area contributed by atoms with Crippen molar-refractivity contribution in [2.75, 3.05) is 6.54 Å². The minimum atomic E-state index is -0.575. The standard InChI is InChI=1S/C25H28N4O3/c30-22-9-8-21(24(31)28-22)29-15-19-7-3-6-18(23(19)25(29)32)13-26-11-10-20-12-16-4-1-2-5-17(16)14-27-20/h1-7,20-21,26-27H,8-15H2,(H,28,30,31). The summed E-state index contributed by atoms with van der Waals surface area (Å²) in [6.45, 7) is 2.80. The van der Waals surface area contributed by atoms with Gasteiger partial charge in [-0.25, -0.2) is 0 Å². The van der Waals surface area contributed by atoms with Crippen LogP contribution in [0.25, 0.3) is 0 Å². The van der Waals surface area contributed by atoms with E-state index in [0.717, 1.165) is 37.1 Å². The van der Waals surface area contributed by atoms with Crippen LogP contribution in [0.15, 0.2) is 42.5 Å². The summed E-state index contributed by atoms with van der Waals surface area (Å²) < 4.78 is 0. The Morgan fingerprint density at radius 3 is 2.66 bits per heavy atom. The number of benzene rings is 2. The molecule has 3 N–H and O–H groups in total. The van der Waals surface area contributed by atoms with Gasteiger partial charge < -0.3 is 15.5 Å². The van der Waals surface area contributed by atoms with Crippen LogP contribution in [-0.2, 0) is 35.6 Å². The largest absolute Gasteiger partial charge is 0.322 e. The third kappa shape index (κ3) is 4.06. The van der Waals surface area contributed by atoms with E-state index in [1.165, 1.54) is 11.1 Å². The van der Waals surface area contributed by atoms with Crippen LogP contribution in [0.4, 0.5) is 0 Å². The summed E-state index contributed by atoms with van der Waals surface area (Å²) >= 11 is 0. The summed E-state index contributed by atoms with van der Waals surface area (Å²) in [5, 5.41) is 9.46. The Balaban J connectivity index is 1.18. The van der Waals surface area contributed by atoms with Gasteiger partial charge in [0, 0.05) is 37.7 Å². The van der Waals surface area contributed by atoms with Crippen LogP contribution in [0.5, 0.6) is 0 Å². The Kier molecular flexibility index (Phi) is 5.76. The highest BCUT2D eigenvalue weighted by Crippen LogP contribution is 2.29. The van der Waals surface area contributed by atoms with Crippen molar-refractivity contribution in [1.29, 1.82) is 0 Å². The van der Waals surface area contributed by atoms with Crippen LogP contribution < -0.4 is 16.0 Å². The van der Waals surface area contributed by atoms with Gasteiger partial charge in [-0.3, -0.25) is 19.7 Å². The lowest BCUT2D eigenvalue weighted by molar-refractivity contribution is -0.136. The molecule has 166 valence electrons. The summed E-state index contributed by atoms with van der Waals surface area (Å²) in [4.78, 5) is 38.5. The molecule has 0 aliphatic carbocycles. The summed E-state index contributed by atoms with van der Waals surface area (Å²) in [6.07, 6.45) is 2.71. The first-order valence-electron chi connectivity index (χ1n) is 11.4. The van der Waals surface area contributed by atoms with Gasteiger partial charge in [0.2, 0.25) is 11.8 Å². The van der Waals surface area contributed by atoms with Crippen molar-refractivity contribution in [1.82, 2.24) is 20.9 Å². The van der Waals surface area contributed by atoms with Gasteiger partial charge in [0.15, 0.2) is 0 Å². The van der Waals surface area contributed by atoms with Crippen molar-refractivity contribution in [3.8, 4) is 0 Å². The van der Waals surface area contributed by atoms with Crippen LogP contribution in [0.1, 0.15) is 51.9 Å². The van der Waals surface area contributed by atoms with Gasteiger partial charge in [0.05, 0.1) is 0 Å². The quantitative estimate of drug-likeness (QED) is 0.477. The molecule has 2 atom stereocenters. The van der Waals surface area contributed by atoms with Gasteiger partial charge in [-0.1, -0.05) is 42.5 Å². The number of hydrogen-bond donors (Lipinski definition) is 3. The summed E-state index contributed by atoms with van der Waals surface area (Å²) in [5.41, 5.74) is 5.43. The van der Waals surface area contributed by atoms with Crippen molar-refractivity contribution in [2.24, 2.45) is 0 Å². The van der Waals surface area contributed by atoms with E-state index >= 15 is 0 Å². The second-order valence-electron chi connectivity index (χ2n) is 8.87. The summed E-state index contributed by atoms with van der Waals surface area (Å²) in [7, 11) is 0. The molecule has 2 aromatic rings. The highest BCUT2D eigenvalue weighted by Gasteiger charge is 2.39. The lowest BCUT2D eigenvalue weighted by Gasteiger charge is -2.29. The molecule has 32 heavy (non-hydrogen) atoms. The number of piperidine rings is 1. The van der Waals surface area contributed by atoms with Crippen LogP contribution in [-0.4, -0.2) is 41.2 Å². The van der Waals surface area contributed by atoms with Crippen molar-refractivity contribution in [3.05, 3.63) is 70.3 Å². The van der Waals surface area contributed by atoms with E-state index in [0.29, 0.717) is 31.1 Å². The fraction of sp³-hybridized carbons (Fsp3) is 0.400. The van der Waals surface area contributed by atoms with Crippen LogP contribution in [0, 0.1) is 0 Å². The van der Waals surface area contributed by atoms with Crippen LogP contribution >= 0.6 is 0 Å². The predicted octanol–water partition coefficient (Wildman–Crippen LogP) is 1.64. The number of imide groups is 1. The Morgan fingerprint density at radius 2 is 1.81 bits per heavy atom. The number of nitrogens with one attached hydrogen (secondary N) is 3. The van der Waals surface area contributed by atoms with E-state index in [-0.39, 0.29) is 24.1 Å². The molecule has 1 saturated heterocycles. The van der Waals surface area contributed by atoms with Gasteiger partial charge in [-0.2, -0.15) is 0 Å². The average molecular weight is 433 g/mol. The number of carbonyl (C=O) groups excluding carboxylic acids is 3. The minimum Gasteiger partial charge on any atom is -0.322 e. The van der Waals surface area contributed by atoms with Crippen LogP contribution in [0.3, 0.4) is 0 Å². The van der Waals surface area contributed by atoms with Gasteiger partial charge in [0.25, 0.3) is 5.91 Å². The molecular formula is C25H28N4O3. The number of hydrogen-bond acceptors (Lipinski definition) is 5. The molecule has 3 aliphatic rings. The molecule has 3 amide bonds.